The highest BCUT2D eigenvalue weighted by Gasteiger charge is 2.16. The molecule has 29 heavy (non-hydrogen) atoms. The van der Waals surface area contributed by atoms with Crippen molar-refractivity contribution in [3.05, 3.63) is 65.6 Å². The number of thiazole rings is 1. The van der Waals surface area contributed by atoms with Crippen LogP contribution in [-0.2, 0) is 11.2 Å². The fourth-order valence-electron chi connectivity index (χ4n) is 3.00. The fraction of sp³-hybridized carbons (Fsp3) is 0.143. The van der Waals surface area contributed by atoms with E-state index in [1.807, 2.05) is 34.2 Å². The number of benzene rings is 2. The zero-order chi connectivity index (χ0) is 20.4. The number of rotatable bonds is 6. The summed E-state index contributed by atoms with van der Waals surface area (Å²) in [5.74, 6) is 0.857. The number of carbonyl (C=O) groups is 1. The van der Waals surface area contributed by atoms with E-state index in [-0.39, 0.29) is 18.1 Å². The van der Waals surface area contributed by atoms with Gasteiger partial charge >= 0.3 is 0 Å². The zero-order valence-electron chi connectivity index (χ0n) is 15.8. The molecule has 0 saturated carbocycles. The molecular formula is C21H18FN3O3S. The van der Waals surface area contributed by atoms with Crippen LogP contribution in [0.15, 0.2) is 54.0 Å². The van der Waals surface area contributed by atoms with Gasteiger partial charge in [0.05, 0.1) is 26.3 Å². The van der Waals surface area contributed by atoms with Crippen LogP contribution in [0.2, 0.25) is 0 Å². The lowest BCUT2D eigenvalue weighted by Gasteiger charge is -2.08. The second-order valence-electron chi connectivity index (χ2n) is 6.30. The summed E-state index contributed by atoms with van der Waals surface area (Å²) in [5, 5.41) is 4.67. The molecule has 4 rings (SSSR count). The van der Waals surface area contributed by atoms with Gasteiger partial charge in [-0.2, -0.15) is 0 Å². The number of methoxy groups -OCH3 is 2. The monoisotopic (exact) mass is 411 g/mol. The Bertz CT molecular complexity index is 1170. The van der Waals surface area contributed by atoms with Crippen LogP contribution in [0, 0.1) is 5.82 Å². The minimum atomic E-state index is -0.346. The number of halogens is 1. The predicted molar refractivity (Wildman–Crippen MR) is 110 cm³/mol. The summed E-state index contributed by atoms with van der Waals surface area (Å²) >= 11 is 1.45. The van der Waals surface area contributed by atoms with Crippen LogP contribution in [0.5, 0.6) is 11.5 Å². The van der Waals surface area contributed by atoms with E-state index in [4.69, 9.17) is 9.47 Å². The predicted octanol–water partition coefficient (Wildman–Crippen LogP) is 4.40. The molecule has 6 nitrogen and oxygen atoms in total. The van der Waals surface area contributed by atoms with E-state index >= 15 is 0 Å². The van der Waals surface area contributed by atoms with Crippen molar-refractivity contribution in [2.75, 3.05) is 19.5 Å². The number of carbonyl (C=O) groups excluding carboxylic acids is 1. The third-order valence-electron chi connectivity index (χ3n) is 4.44. The lowest BCUT2D eigenvalue weighted by molar-refractivity contribution is -0.115. The first kappa shape index (κ1) is 18.9. The van der Waals surface area contributed by atoms with E-state index < -0.39 is 0 Å². The molecule has 2 aromatic heterocycles. The van der Waals surface area contributed by atoms with Gasteiger partial charge in [-0.15, -0.1) is 11.3 Å². The van der Waals surface area contributed by atoms with Gasteiger partial charge in [0, 0.05) is 28.5 Å². The van der Waals surface area contributed by atoms with Gasteiger partial charge in [0.1, 0.15) is 17.3 Å². The number of aromatic nitrogens is 2. The zero-order valence-corrected chi connectivity index (χ0v) is 16.6. The summed E-state index contributed by atoms with van der Waals surface area (Å²) in [7, 11) is 3.21. The lowest BCUT2D eigenvalue weighted by Crippen LogP contribution is -2.15. The van der Waals surface area contributed by atoms with Crippen molar-refractivity contribution < 1.29 is 18.7 Å². The number of hydrogen-bond donors (Lipinski definition) is 1. The SMILES string of the molecule is COc1ccc(OC)c(-c2cn3c(CC(=O)Nc4ccc(F)cc4)csc3n2)c1. The summed E-state index contributed by atoms with van der Waals surface area (Å²) in [6, 6.07) is 11.2. The summed E-state index contributed by atoms with van der Waals surface area (Å²) in [6.45, 7) is 0. The van der Waals surface area contributed by atoms with Crippen molar-refractivity contribution in [2.24, 2.45) is 0 Å². The Morgan fingerprint density at radius 1 is 1.17 bits per heavy atom. The minimum Gasteiger partial charge on any atom is -0.497 e. The van der Waals surface area contributed by atoms with E-state index in [9.17, 15) is 9.18 Å². The smallest absolute Gasteiger partial charge is 0.230 e. The molecule has 0 atom stereocenters. The summed E-state index contributed by atoms with van der Waals surface area (Å²) in [5.41, 5.74) is 2.90. The highest BCUT2D eigenvalue weighted by atomic mass is 32.1. The maximum absolute atomic E-state index is 13.0. The number of ether oxygens (including phenoxy) is 2. The molecule has 1 N–H and O–H groups in total. The van der Waals surface area contributed by atoms with Gasteiger partial charge < -0.3 is 14.8 Å². The molecule has 2 heterocycles. The molecule has 0 saturated heterocycles. The molecule has 0 unspecified atom stereocenters. The van der Waals surface area contributed by atoms with Crippen LogP contribution in [0.3, 0.4) is 0 Å². The van der Waals surface area contributed by atoms with Gasteiger partial charge in [-0.05, 0) is 42.5 Å². The molecule has 0 bridgehead atoms. The molecule has 2 aromatic carbocycles. The number of nitrogens with zero attached hydrogens (tertiary/aromatic N) is 2. The topological polar surface area (TPSA) is 64.9 Å². The van der Waals surface area contributed by atoms with E-state index in [0.29, 0.717) is 17.2 Å². The standard InChI is InChI=1S/C21H18FN3O3S/c1-27-16-7-8-19(28-2)17(10-16)18-11-25-15(12-29-21(25)24-18)9-20(26)23-14-5-3-13(22)4-6-14/h3-8,10-12H,9H2,1-2H3,(H,23,26). The van der Waals surface area contributed by atoms with Crippen molar-refractivity contribution in [3.63, 3.8) is 0 Å². The first-order valence-electron chi connectivity index (χ1n) is 8.80. The molecule has 0 radical (unpaired) electrons. The van der Waals surface area contributed by atoms with Gasteiger partial charge in [-0.25, -0.2) is 9.37 Å². The van der Waals surface area contributed by atoms with Gasteiger partial charge in [-0.3, -0.25) is 9.20 Å². The van der Waals surface area contributed by atoms with Crippen LogP contribution in [0.25, 0.3) is 16.2 Å². The number of amides is 1. The number of nitrogens with one attached hydrogen (secondary N) is 1. The maximum Gasteiger partial charge on any atom is 0.230 e. The maximum atomic E-state index is 13.0. The van der Waals surface area contributed by atoms with Crippen LogP contribution < -0.4 is 14.8 Å². The van der Waals surface area contributed by atoms with Crippen molar-refractivity contribution >= 4 is 27.9 Å². The molecular weight excluding hydrogens is 393 g/mol. The van der Waals surface area contributed by atoms with Gasteiger partial charge in [0.25, 0.3) is 0 Å². The summed E-state index contributed by atoms with van der Waals surface area (Å²) < 4.78 is 25.7. The molecule has 1 amide bonds. The van der Waals surface area contributed by atoms with Crippen LogP contribution in [0.1, 0.15) is 5.69 Å². The molecule has 0 aliphatic carbocycles. The Kier molecular flexibility index (Phi) is 5.18. The number of hydrogen-bond acceptors (Lipinski definition) is 5. The van der Waals surface area contributed by atoms with Crippen LogP contribution in [-0.4, -0.2) is 29.5 Å². The lowest BCUT2D eigenvalue weighted by atomic mass is 10.1. The second-order valence-corrected chi connectivity index (χ2v) is 7.14. The van der Waals surface area contributed by atoms with Crippen LogP contribution in [0.4, 0.5) is 10.1 Å². The summed E-state index contributed by atoms with van der Waals surface area (Å²) in [4.78, 5) is 17.8. The second kappa shape index (κ2) is 7.92. The fourth-order valence-corrected chi connectivity index (χ4v) is 3.88. The molecule has 148 valence electrons. The van der Waals surface area contributed by atoms with Crippen LogP contribution >= 0.6 is 11.3 Å². The van der Waals surface area contributed by atoms with E-state index in [1.54, 1.807) is 14.2 Å². The normalized spacial score (nSPS) is 10.9. The Hall–Kier alpha value is -3.39. The highest BCUT2D eigenvalue weighted by Crippen LogP contribution is 2.34. The molecule has 8 heteroatoms. The Balaban J connectivity index is 1.59. The van der Waals surface area contributed by atoms with Gasteiger partial charge in [0.15, 0.2) is 4.96 Å². The van der Waals surface area contributed by atoms with E-state index in [0.717, 1.165) is 21.9 Å². The number of fused-ring (bicyclic) bond motifs is 1. The number of anilines is 1. The first-order valence-corrected chi connectivity index (χ1v) is 9.68. The van der Waals surface area contributed by atoms with Crippen molar-refractivity contribution in [1.82, 2.24) is 9.38 Å². The van der Waals surface area contributed by atoms with Crippen molar-refractivity contribution in [2.45, 2.75) is 6.42 Å². The summed E-state index contributed by atoms with van der Waals surface area (Å²) in [6.07, 6.45) is 2.05. The Labute approximate surface area is 170 Å². The quantitative estimate of drug-likeness (QED) is 0.511. The Morgan fingerprint density at radius 3 is 2.69 bits per heavy atom. The van der Waals surface area contributed by atoms with Crippen molar-refractivity contribution in [1.29, 1.82) is 0 Å². The molecule has 0 fully saturated rings. The van der Waals surface area contributed by atoms with Crippen molar-refractivity contribution in [3.8, 4) is 22.8 Å². The van der Waals surface area contributed by atoms with E-state index in [1.165, 1.54) is 35.6 Å². The highest BCUT2D eigenvalue weighted by molar-refractivity contribution is 7.15. The molecule has 0 aliphatic heterocycles. The molecule has 0 aliphatic rings. The average molecular weight is 411 g/mol. The average Bonchev–Trinajstić information content (AvgIpc) is 3.31. The largest absolute Gasteiger partial charge is 0.497 e. The molecule has 4 aromatic rings. The van der Waals surface area contributed by atoms with Gasteiger partial charge in [-0.1, -0.05) is 0 Å². The van der Waals surface area contributed by atoms with E-state index in [2.05, 4.69) is 10.3 Å². The molecule has 0 spiro atoms. The number of imidazole rings is 1. The third-order valence-corrected chi connectivity index (χ3v) is 5.32. The Morgan fingerprint density at radius 2 is 1.97 bits per heavy atom. The van der Waals surface area contributed by atoms with Gasteiger partial charge in [0.2, 0.25) is 5.91 Å². The third kappa shape index (κ3) is 3.93. The minimum absolute atomic E-state index is 0.169. The first-order chi connectivity index (χ1) is 14.1.